The number of nitrogen functional groups attached to an aromatic ring is 1. The molecule has 1 aromatic heterocycles. The van der Waals surface area contributed by atoms with Gasteiger partial charge in [0.05, 0.1) is 16.9 Å². The summed E-state index contributed by atoms with van der Waals surface area (Å²) >= 11 is 0. The molecule has 0 bridgehead atoms. The molecule has 0 saturated carbocycles. The van der Waals surface area contributed by atoms with E-state index in [1.165, 1.54) is 12.1 Å². The number of hydrogen-bond donors (Lipinski definition) is 2. The Morgan fingerprint density at radius 3 is 2.00 bits per heavy atom. The Morgan fingerprint density at radius 2 is 1.62 bits per heavy atom. The Labute approximate surface area is 119 Å². The van der Waals surface area contributed by atoms with E-state index in [0.29, 0.717) is 11.4 Å². The largest absolute Gasteiger partial charge is 0.416 e. The summed E-state index contributed by atoms with van der Waals surface area (Å²) in [6, 6.07) is 4.31. The van der Waals surface area contributed by atoms with E-state index in [0.717, 1.165) is 16.8 Å². The van der Waals surface area contributed by atoms with Crippen LogP contribution in [0.1, 0.15) is 32.0 Å². The highest BCUT2D eigenvalue weighted by molar-refractivity contribution is 5.47. The molecule has 0 spiro atoms. The zero-order valence-corrected chi connectivity index (χ0v) is 11.9. The van der Waals surface area contributed by atoms with E-state index >= 15 is 0 Å². The molecule has 21 heavy (non-hydrogen) atoms. The van der Waals surface area contributed by atoms with E-state index in [9.17, 15) is 18.0 Å². The molecule has 4 nitrogen and oxygen atoms in total. The Morgan fingerprint density at radius 1 is 1.10 bits per heavy atom. The van der Waals surface area contributed by atoms with Crippen LogP contribution in [-0.2, 0) is 11.6 Å². The minimum atomic E-state index is -4.41. The minimum Gasteiger partial charge on any atom is -0.393 e. The van der Waals surface area contributed by atoms with Crippen LogP contribution in [0.4, 0.5) is 18.9 Å². The minimum absolute atomic E-state index is 0.0717. The second-order valence-electron chi connectivity index (χ2n) is 5.84. The van der Waals surface area contributed by atoms with E-state index in [1.807, 2.05) is 20.8 Å². The first-order chi connectivity index (χ1) is 9.51. The molecular formula is C14H16F3N3O. The van der Waals surface area contributed by atoms with Gasteiger partial charge in [0, 0.05) is 5.41 Å². The summed E-state index contributed by atoms with van der Waals surface area (Å²) in [6.45, 7) is 5.64. The molecule has 0 fully saturated rings. The zero-order chi connectivity index (χ0) is 16.0. The molecule has 0 aliphatic heterocycles. The Kier molecular flexibility index (Phi) is 3.39. The van der Waals surface area contributed by atoms with Gasteiger partial charge in [-0.25, -0.2) is 4.68 Å². The molecule has 114 valence electrons. The van der Waals surface area contributed by atoms with Gasteiger partial charge in [-0.3, -0.25) is 9.89 Å². The van der Waals surface area contributed by atoms with Crippen LogP contribution >= 0.6 is 0 Å². The van der Waals surface area contributed by atoms with Crippen LogP contribution in [0.25, 0.3) is 5.69 Å². The zero-order valence-electron chi connectivity index (χ0n) is 11.9. The fourth-order valence-corrected chi connectivity index (χ4v) is 2.00. The standard InChI is InChI=1S/C14H16F3N3O/c1-13(2,3)11-10(18)12(21)20(19-11)9-6-4-8(5-7-9)14(15,16)17/h4-7,19H,18H2,1-3H3. The summed E-state index contributed by atoms with van der Waals surface area (Å²) in [5, 5.41) is 2.86. The highest BCUT2D eigenvalue weighted by atomic mass is 19.4. The summed E-state index contributed by atoms with van der Waals surface area (Å²) in [5.41, 5.74) is 5.09. The molecular weight excluding hydrogens is 283 g/mol. The van der Waals surface area contributed by atoms with Crippen molar-refractivity contribution in [2.75, 3.05) is 5.73 Å². The predicted molar refractivity (Wildman–Crippen MR) is 74.5 cm³/mol. The van der Waals surface area contributed by atoms with Crippen molar-refractivity contribution in [2.45, 2.75) is 32.4 Å². The van der Waals surface area contributed by atoms with Crippen molar-refractivity contribution in [3.63, 3.8) is 0 Å². The van der Waals surface area contributed by atoms with Crippen molar-refractivity contribution in [1.29, 1.82) is 0 Å². The third-order valence-corrected chi connectivity index (χ3v) is 3.13. The highest BCUT2D eigenvalue weighted by Crippen LogP contribution is 2.30. The molecule has 3 N–H and O–H groups in total. The number of halogens is 3. The Balaban J connectivity index is 2.51. The van der Waals surface area contributed by atoms with Crippen LogP contribution in [0.15, 0.2) is 29.1 Å². The SMILES string of the molecule is CC(C)(C)c1[nH]n(-c2ccc(C(F)(F)F)cc2)c(=O)c1N. The quantitative estimate of drug-likeness (QED) is 0.850. The third kappa shape index (κ3) is 2.81. The summed E-state index contributed by atoms with van der Waals surface area (Å²) in [6.07, 6.45) is -4.41. The van der Waals surface area contributed by atoms with Gasteiger partial charge in [0.2, 0.25) is 0 Å². The lowest BCUT2D eigenvalue weighted by Gasteiger charge is -2.16. The van der Waals surface area contributed by atoms with Crippen molar-refractivity contribution in [3.05, 3.63) is 45.9 Å². The van der Waals surface area contributed by atoms with Gasteiger partial charge in [0.15, 0.2) is 0 Å². The number of nitrogens with zero attached hydrogens (tertiary/aromatic N) is 1. The van der Waals surface area contributed by atoms with E-state index < -0.39 is 17.3 Å². The fourth-order valence-electron chi connectivity index (χ4n) is 2.00. The number of H-pyrrole nitrogens is 1. The lowest BCUT2D eigenvalue weighted by atomic mass is 9.91. The van der Waals surface area contributed by atoms with E-state index in [-0.39, 0.29) is 11.1 Å². The molecule has 1 heterocycles. The summed E-state index contributed by atoms with van der Waals surface area (Å²) in [5.74, 6) is 0. The van der Waals surface area contributed by atoms with Gasteiger partial charge in [-0.2, -0.15) is 13.2 Å². The summed E-state index contributed by atoms with van der Waals surface area (Å²) < 4.78 is 38.7. The Hall–Kier alpha value is -2.18. The number of rotatable bonds is 1. The molecule has 2 rings (SSSR count). The van der Waals surface area contributed by atoms with Gasteiger partial charge in [-0.15, -0.1) is 0 Å². The number of alkyl halides is 3. The molecule has 0 radical (unpaired) electrons. The fraction of sp³-hybridized carbons (Fsp3) is 0.357. The van der Waals surface area contributed by atoms with Crippen molar-refractivity contribution >= 4 is 5.69 Å². The highest BCUT2D eigenvalue weighted by Gasteiger charge is 2.30. The smallest absolute Gasteiger partial charge is 0.393 e. The number of nitrogens with two attached hydrogens (primary N) is 1. The average Bonchev–Trinajstić information content (AvgIpc) is 2.65. The van der Waals surface area contributed by atoms with Gasteiger partial charge in [0.1, 0.15) is 5.69 Å². The first kappa shape index (κ1) is 15.2. The molecule has 0 unspecified atom stereocenters. The maximum Gasteiger partial charge on any atom is 0.416 e. The topological polar surface area (TPSA) is 63.8 Å². The van der Waals surface area contributed by atoms with Gasteiger partial charge >= 0.3 is 6.18 Å². The average molecular weight is 299 g/mol. The monoisotopic (exact) mass is 299 g/mol. The number of aromatic nitrogens is 2. The maximum absolute atomic E-state index is 12.5. The van der Waals surface area contributed by atoms with Crippen molar-refractivity contribution < 1.29 is 13.2 Å². The first-order valence-electron chi connectivity index (χ1n) is 6.30. The normalized spacial score (nSPS) is 12.7. The number of nitrogens with one attached hydrogen (secondary N) is 1. The maximum atomic E-state index is 12.5. The number of aromatic amines is 1. The van der Waals surface area contributed by atoms with Gasteiger partial charge in [0.25, 0.3) is 5.56 Å². The van der Waals surface area contributed by atoms with Gasteiger partial charge in [-0.05, 0) is 24.3 Å². The van der Waals surface area contributed by atoms with Gasteiger partial charge in [-0.1, -0.05) is 20.8 Å². The molecule has 0 saturated heterocycles. The number of hydrogen-bond acceptors (Lipinski definition) is 2. The van der Waals surface area contributed by atoms with Crippen LogP contribution in [0.3, 0.4) is 0 Å². The first-order valence-corrected chi connectivity index (χ1v) is 6.30. The molecule has 1 aromatic carbocycles. The van der Waals surface area contributed by atoms with E-state index in [1.54, 1.807) is 0 Å². The second-order valence-corrected chi connectivity index (χ2v) is 5.84. The summed E-state index contributed by atoms with van der Waals surface area (Å²) in [7, 11) is 0. The molecule has 2 aromatic rings. The van der Waals surface area contributed by atoms with Crippen molar-refractivity contribution in [2.24, 2.45) is 0 Å². The third-order valence-electron chi connectivity index (χ3n) is 3.13. The lowest BCUT2D eigenvalue weighted by molar-refractivity contribution is -0.137. The van der Waals surface area contributed by atoms with Gasteiger partial charge < -0.3 is 5.73 Å². The Bertz CT molecular complexity index is 703. The number of benzene rings is 1. The van der Waals surface area contributed by atoms with Crippen LogP contribution in [0, 0.1) is 0 Å². The van der Waals surface area contributed by atoms with Crippen LogP contribution in [-0.4, -0.2) is 9.78 Å². The molecule has 0 amide bonds. The molecule has 0 atom stereocenters. The lowest BCUT2D eigenvalue weighted by Crippen LogP contribution is -2.17. The van der Waals surface area contributed by atoms with Crippen LogP contribution in [0.2, 0.25) is 0 Å². The second kappa shape index (κ2) is 4.68. The van der Waals surface area contributed by atoms with E-state index in [4.69, 9.17) is 5.73 Å². The molecule has 7 heteroatoms. The number of anilines is 1. The van der Waals surface area contributed by atoms with Crippen LogP contribution in [0.5, 0.6) is 0 Å². The molecule has 0 aliphatic carbocycles. The van der Waals surface area contributed by atoms with Crippen molar-refractivity contribution in [1.82, 2.24) is 9.78 Å². The van der Waals surface area contributed by atoms with Crippen LogP contribution < -0.4 is 11.3 Å². The summed E-state index contributed by atoms with van der Waals surface area (Å²) in [4.78, 5) is 12.1. The van der Waals surface area contributed by atoms with Crippen molar-refractivity contribution in [3.8, 4) is 5.69 Å². The van der Waals surface area contributed by atoms with E-state index in [2.05, 4.69) is 5.10 Å². The predicted octanol–water partition coefficient (Wildman–Crippen LogP) is 3.06. The molecule has 0 aliphatic rings.